The molecule has 24 heavy (non-hydrogen) atoms. The van der Waals surface area contributed by atoms with Crippen molar-refractivity contribution in [3.05, 3.63) is 48.7 Å². The molecule has 3 aromatic heterocycles. The monoisotopic (exact) mass is 320 g/mol. The number of aromatic amines is 1. The number of hydrogen-bond acceptors (Lipinski definition) is 6. The molecule has 0 aliphatic rings. The molecule has 3 heterocycles. The Morgan fingerprint density at radius 2 is 2.17 bits per heavy atom. The maximum atomic E-state index is 5.87. The summed E-state index contributed by atoms with van der Waals surface area (Å²) in [5, 5.41) is 11.1. The number of H-pyrrole nitrogens is 1. The minimum Gasteiger partial charge on any atom is -0.368 e. The zero-order chi connectivity index (χ0) is 16.5. The lowest BCUT2D eigenvalue weighted by molar-refractivity contribution is 0.836. The molecule has 0 bridgehead atoms. The molecule has 0 saturated heterocycles. The Labute approximate surface area is 137 Å². The number of benzene rings is 1. The van der Waals surface area contributed by atoms with Crippen molar-refractivity contribution in [2.24, 2.45) is 7.05 Å². The molecular weight excluding hydrogens is 304 g/mol. The maximum Gasteiger partial charge on any atom is 0.222 e. The normalized spacial score (nSPS) is 11.0. The molecule has 0 radical (unpaired) electrons. The first-order valence-corrected chi connectivity index (χ1v) is 7.47. The smallest absolute Gasteiger partial charge is 0.222 e. The van der Waals surface area contributed by atoms with Crippen molar-refractivity contribution in [3.63, 3.8) is 0 Å². The van der Waals surface area contributed by atoms with Crippen LogP contribution in [0.3, 0.4) is 0 Å². The lowest BCUT2D eigenvalue weighted by Crippen LogP contribution is -2.07. The van der Waals surface area contributed by atoms with Crippen LogP contribution in [0.25, 0.3) is 22.2 Å². The van der Waals surface area contributed by atoms with Crippen LogP contribution < -0.4 is 11.1 Å². The van der Waals surface area contributed by atoms with Gasteiger partial charge in [0, 0.05) is 30.4 Å². The minimum atomic E-state index is 0.233. The number of aromatic nitrogens is 6. The van der Waals surface area contributed by atoms with Gasteiger partial charge in [-0.05, 0) is 18.2 Å². The van der Waals surface area contributed by atoms with Crippen molar-refractivity contribution < 1.29 is 0 Å². The first-order chi connectivity index (χ1) is 11.7. The second kappa shape index (κ2) is 5.65. The van der Waals surface area contributed by atoms with Gasteiger partial charge in [0.2, 0.25) is 5.95 Å². The summed E-state index contributed by atoms with van der Waals surface area (Å²) < 4.78 is 1.95. The van der Waals surface area contributed by atoms with Gasteiger partial charge in [-0.1, -0.05) is 6.07 Å². The highest BCUT2D eigenvalue weighted by atomic mass is 15.1. The van der Waals surface area contributed by atoms with Crippen molar-refractivity contribution in [1.29, 1.82) is 0 Å². The quantitative estimate of drug-likeness (QED) is 0.530. The van der Waals surface area contributed by atoms with Crippen LogP contribution in [-0.2, 0) is 13.6 Å². The van der Waals surface area contributed by atoms with E-state index in [1.165, 1.54) is 0 Å². The minimum absolute atomic E-state index is 0.233. The first-order valence-electron chi connectivity index (χ1n) is 7.47. The summed E-state index contributed by atoms with van der Waals surface area (Å²) >= 11 is 0. The molecule has 0 atom stereocenters. The molecule has 4 rings (SSSR count). The standard InChI is InChI=1S/C16H16N8/c1-24-9-18-7-11(24)8-19-15-12-3-2-10(13-4-5-20-23-13)6-14(12)21-16(17)22-15/h2-7,9H,8H2,1H3,(H,20,23)(H3,17,19,21,22). The van der Waals surface area contributed by atoms with Crippen molar-refractivity contribution in [3.8, 4) is 11.3 Å². The Bertz CT molecular complexity index is 987. The van der Waals surface area contributed by atoms with Gasteiger partial charge < -0.3 is 15.6 Å². The summed E-state index contributed by atoms with van der Waals surface area (Å²) in [5.41, 5.74) is 9.63. The average molecular weight is 320 g/mol. The highest BCUT2D eigenvalue weighted by molar-refractivity contribution is 5.92. The topological polar surface area (TPSA) is 110 Å². The zero-order valence-electron chi connectivity index (χ0n) is 13.1. The number of hydrogen-bond donors (Lipinski definition) is 3. The number of fused-ring (bicyclic) bond motifs is 1. The van der Waals surface area contributed by atoms with Crippen LogP contribution in [0, 0.1) is 0 Å². The number of aryl methyl sites for hydroxylation is 1. The predicted molar refractivity (Wildman–Crippen MR) is 92.1 cm³/mol. The van der Waals surface area contributed by atoms with E-state index < -0.39 is 0 Å². The largest absolute Gasteiger partial charge is 0.368 e. The summed E-state index contributed by atoms with van der Waals surface area (Å²) in [5.74, 6) is 0.937. The van der Waals surface area contributed by atoms with Crippen LogP contribution in [-0.4, -0.2) is 29.7 Å². The second-order valence-electron chi connectivity index (χ2n) is 5.48. The lowest BCUT2D eigenvalue weighted by Gasteiger charge is -2.10. The number of imidazole rings is 1. The van der Waals surface area contributed by atoms with Crippen LogP contribution in [0.1, 0.15) is 5.69 Å². The Morgan fingerprint density at radius 3 is 2.92 bits per heavy atom. The predicted octanol–water partition coefficient (Wildman–Crippen LogP) is 1.95. The van der Waals surface area contributed by atoms with Gasteiger partial charge in [0.05, 0.1) is 29.8 Å². The van der Waals surface area contributed by atoms with E-state index in [2.05, 4.69) is 30.5 Å². The third-order valence-corrected chi connectivity index (χ3v) is 3.88. The molecule has 0 fully saturated rings. The van der Waals surface area contributed by atoms with Gasteiger partial charge in [-0.3, -0.25) is 5.10 Å². The number of anilines is 2. The Balaban J connectivity index is 1.71. The number of nitrogens with one attached hydrogen (secondary N) is 2. The molecule has 0 saturated carbocycles. The van der Waals surface area contributed by atoms with Gasteiger partial charge in [-0.25, -0.2) is 9.97 Å². The van der Waals surface area contributed by atoms with Crippen LogP contribution in [0.5, 0.6) is 0 Å². The molecule has 0 amide bonds. The lowest BCUT2D eigenvalue weighted by atomic mass is 10.1. The van der Waals surface area contributed by atoms with E-state index in [0.717, 1.165) is 27.9 Å². The molecule has 120 valence electrons. The van der Waals surface area contributed by atoms with Crippen LogP contribution in [0.4, 0.5) is 11.8 Å². The fraction of sp³-hybridized carbons (Fsp3) is 0.125. The fourth-order valence-corrected chi connectivity index (χ4v) is 2.60. The summed E-state index contributed by atoms with van der Waals surface area (Å²) in [6.45, 7) is 0.602. The van der Waals surface area contributed by atoms with Gasteiger partial charge in [0.15, 0.2) is 0 Å². The molecular formula is C16H16N8. The van der Waals surface area contributed by atoms with Gasteiger partial charge in [0.25, 0.3) is 0 Å². The van der Waals surface area contributed by atoms with E-state index in [1.54, 1.807) is 12.5 Å². The van der Waals surface area contributed by atoms with E-state index >= 15 is 0 Å². The molecule has 0 spiro atoms. The first kappa shape index (κ1) is 14.2. The third-order valence-electron chi connectivity index (χ3n) is 3.88. The molecule has 0 aliphatic heterocycles. The molecule has 8 heteroatoms. The van der Waals surface area contributed by atoms with Gasteiger partial charge in [0.1, 0.15) is 5.82 Å². The molecule has 0 aliphatic carbocycles. The summed E-state index contributed by atoms with van der Waals surface area (Å²) in [7, 11) is 1.95. The third kappa shape index (κ3) is 2.54. The van der Waals surface area contributed by atoms with Crippen molar-refractivity contribution in [2.75, 3.05) is 11.1 Å². The van der Waals surface area contributed by atoms with E-state index in [1.807, 2.05) is 42.1 Å². The molecule has 4 aromatic rings. The highest BCUT2D eigenvalue weighted by Gasteiger charge is 2.09. The molecule has 0 unspecified atom stereocenters. The SMILES string of the molecule is Cn1cncc1CNc1nc(N)nc2cc(-c3ccn[nH]3)ccc12. The number of rotatable bonds is 4. The van der Waals surface area contributed by atoms with Gasteiger partial charge >= 0.3 is 0 Å². The number of nitrogen functional groups attached to an aromatic ring is 1. The van der Waals surface area contributed by atoms with E-state index in [9.17, 15) is 0 Å². The van der Waals surface area contributed by atoms with Gasteiger partial charge in [-0.2, -0.15) is 10.1 Å². The van der Waals surface area contributed by atoms with Gasteiger partial charge in [-0.15, -0.1) is 0 Å². The van der Waals surface area contributed by atoms with Crippen molar-refractivity contribution in [2.45, 2.75) is 6.54 Å². The number of nitrogens with two attached hydrogens (primary N) is 1. The molecule has 4 N–H and O–H groups in total. The van der Waals surface area contributed by atoms with E-state index in [4.69, 9.17) is 5.73 Å². The maximum absolute atomic E-state index is 5.87. The fourth-order valence-electron chi connectivity index (χ4n) is 2.60. The Morgan fingerprint density at radius 1 is 1.25 bits per heavy atom. The van der Waals surface area contributed by atoms with Crippen molar-refractivity contribution >= 4 is 22.7 Å². The van der Waals surface area contributed by atoms with Crippen LogP contribution in [0.15, 0.2) is 43.0 Å². The van der Waals surface area contributed by atoms with E-state index in [-0.39, 0.29) is 5.95 Å². The average Bonchev–Trinajstić information content (AvgIpc) is 3.23. The summed E-state index contributed by atoms with van der Waals surface area (Å²) in [6.07, 6.45) is 5.30. The Kier molecular flexibility index (Phi) is 3.34. The zero-order valence-corrected chi connectivity index (χ0v) is 13.1. The second-order valence-corrected chi connectivity index (χ2v) is 5.48. The van der Waals surface area contributed by atoms with Crippen LogP contribution in [0.2, 0.25) is 0 Å². The summed E-state index contributed by atoms with van der Waals surface area (Å²) in [4.78, 5) is 12.8. The highest BCUT2D eigenvalue weighted by Crippen LogP contribution is 2.26. The van der Waals surface area contributed by atoms with E-state index in [0.29, 0.717) is 12.4 Å². The number of nitrogens with zero attached hydrogens (tertiary/aromatic N) is 5. The summed E-state index contributed by atoms with van der Waals surface area (Å²) in [6, 6.07) is 7.87. The van der Waals surface area contributed by atoms with Crippen LogP contribution >= 0.6 is 0 Å². The Hall–Kier alpha value is -3.42. The van der Waals surface area contributed by atoms with Crippen molar-refractivity contribution in [1.82, 2.24) is 29.7 Å². The molecule has 1 aromatic carbocycles. The molecule has 8 nitrogen and oxygen atoms in total.